The predicted octanol–water partition coefficient (Wildman–Crippen LogP) is 4.17. The molecule has 2 nitrogen and oxygen atoms in total. The minimum absolute atomic E-state index is 0.116. The number of rotatable bonds is 4. The Balaban J connectivity index is 2.07. The minimum Gasteiger partial charge on any atom is -0.508 e. The second-order valence-corrected chi connectivity index (χ2v) is 4.68. The van der Waals surface area contributed by atoms with E-state index in [0.29, 0.717) is 5.69 Å². The monoisotopic (exact) mass is 265 g/mol. The van der Waals surface area contributed by atoms with E-state index < -0.39 is 11.6 Å². The fourth-order valence-electron chi connectivity index (χ4n) is 2.24. The van der Waals surface area contributed by atoms with Gasteiger partial charge in [0.15, 0.2) is 11.6 Å². The van der Waals surface area contributed by atoms with Crippen molar-refractivity contribution < 1.29 is 13.9 Å². The van der Waals surface area contributed by atoms with Gasteiger partial charge in [0.2, 0.25) is 0 Å². The standard InChI is InChI=1S/C15H17F2NO/c1-2-15(10-3-6-12(19)7-4-10)18-11-5-8-13(16)14(17)9-11/h3,5-10,15,18-19H,2,4H2,1H3. The lowest BCUT2D eigenvalue weighted by Crippen LogP contribution is -2.28. The van der Waals surface area contributed by atoms with Gasteiger partial charge in [-0.25, -0.2) is 8.78 Å². The number of nitrogens with one attached hydrogen (secondary N) is 1. The Morgan fingerprint density at radius 3 is 2.74 bits per heavy atom. The maximum Gasteiger partial charge on any atom is 0.160 e. The smallest absolute Gasteiger partial charge is 0.160 e. The number of allylic oxidation sites excluding steroid dienone is 2. The molecule has 2 rings (SSSR count). The van der Waals surface area contributed by atoms with E-state index in [2.05, 4.69) is 5.32 Å². The van der Waals surface area contributed by atoms with Crippen LogP contribution in [0.4, 0.5) is 14.5 Å². The number of hydrogen-bond acceptors (Lipinski definition) is 2. The average Bonchev–Trinajstić information content (AvgIpc) is 2.41. The molecule has 0 bridgehead atoms. The van der Waals surface area contributed by atoms with E-state index in [4.69, 9.17) is 0 Å². The van der Waals surface area contributed by atoms with Gasteiger partial charge < -0.3 is 10.4 Å². The third-order valence-corrected chi connectivity index (χ3v) is 3.34. The number of benzene rings is 1. The fourth-order valence-corrected chi connectivity index (χ4v) is 2.24. The largest absolute Gasteiger partial charge is 0.508 e. The number of anilines is 1. The fraction of sp³-hybridized carbons (Fsp3) is 0.333. The van der Waals surface area contributed by atoms with Crippen LogP contribution in [0.25, 0.3) is 0 Å². The Labute approximate surface area is 111 Å². The summed E-state index contributed by atoms with van der Waals surface area (Å²) >= 11 is 0. The van der Waals surface area contributed by atoms with Crippen LogP contribution in [-0.2, 0) is 0 Å². The van der Waals surface area contributed by atoms with Gasteiger partial charge in [-0.1, -0.05) is 13.0 Å². The summed E-state index contributed by atoms with van der Waals surface area (Å²) in [5.41, 5.74) is 0.568. The number of aliphatic hydroxyl groups excluding tert-OH is 1. The average molecular weight is 265 g/mol. The second-order valence-electron chi connectivity index (χ2n) is 4.68. The molecule has 0 saturated carbocycles. The summed E-state index contributed by atoms with van der Waals surface area (Å²) in [4.78, 5) is 0. The second kappa shape index (κ2) is 5.87. The molecule has 0 amide bonds. The Morgan fingerprint density at radius 2 is 2.16 bits per heavy atom. The van der Waals surface area contributed by atoms with Crippen molar-refractivity contribution in [1.29, 1.82) is 0 Å². The van der Waals surface area contributed by atoms with Gasteiger partial charge in [0, 0.05) is 23.7 Å². The molecule has 1 aromatic rings. The lowest BCUT2D eigenvalue weighted by atomic mass is 9.90. The molecule has 1 aromatic carbocycles. The van der Waals surface area contributed by atoms with Crippen LogP contribution in [-0.4, -0.2) is 11.1 Å². The van der Waals surface area contributed by atoms with Crippen LogP contribution in [0, 0.1) is 17.6 Å². The van der Waals surface area contributed by atoms with E-state index in [1.807, 2.05) is 13.0 Å². The lowest BCUT2D eigenvalue weighted by molar-refractivity contribution is 0.414. The highest BCUT2D eigenvalue weighted by Crippen LogP contribution is 2.24. The van der Waals surface area contributed by atoms with Crippen LogP contribution in [0.5, 0.6) is 0 Å². The molecular weight excluding hydrogens is 248 g/mol. The van der Waals surface area contributed by atoms with Crippen LogP contribution >= 0.6 is 0 Å². The third kappa shape index (κ3) is 3.34. The van der Waals surface area contributed by atoms with Gasteiger partial charge in [0.05, 0.1) is 0 Å². The summed E-state index contributed by atoms with van der Waals surface area (Å²) in [5, 5.41) is 12.5. The molecule has 0 heterocycles. The Bertz CT molecular complexity index is 511. The van der Waals surface area contributed by atoms with E-state index in [0.717, 1.165) is 25.0 Å². The predicted molar refractivity (Wildman–Crippen MR) is 72.0 cm³/mol. The summed E-state index contributed by atoms with van der Waals surface area (Å²) in [6.45, 7) is 2.03. The molecule has 2 N–H and O–H groups in total. The molecular formula is C15H17F2NO. The molecule has 19 heavy (non-hydrogen) atoms. The van der Waals surface area contributed by atoms with Crippen molar-refractivity contribution in [2.24, 2.45) is 5.92 Å². The molecule has 102 valence electrons. The van der Waals surface area contributed by atoms with Crippen LogP contribution in [0.3, 0.4) is 0 Å². The molecule has 2 unspecified atom stereocenters. The van der Waals surface area contributed by atoms with Crippen molar-refractivity contribution in [3.05, 3.63) is 53.8 Å². The first-order valence-corrected chi connectivity index (χ1v) is 6.39. The van der Waals surface area contributed by atoms with Gasteiger partial charge in [-0.3, -0.25) is 0 Å². The van der Waals surface area contributed by atoms with Crippen molar-refractivity contribution >= 4 is 5.69 Å². The Hall–Kier alpha value is -1.84. The van der Waals surface area contributed by atoms with E-state index >= 15 is 0 Å². The van der Waals surface area contributed by atoms with Gasteiger partial charge in [-0.2, -0.15) is 0 Å². The third-order valence-electron chi connectivity index (χ3n) is 3.34. The summed E-state index contributed by atoms with van der Waals surface area (Å²) in [7, 11) is 0. The van der Waals surface area contributed by atoms with Crippen LogP contribution in [0.15, 0.2) is 42.2 Å². The van der Waals surface area contributed by atoms with E-state index in [9.17, 15) is 13.9 Å². The van der Waals surface area contributed by atoms with Gasteiger partial charge in [-0.15, -0.1) is 0 Å². The lowest BCUT2D eigenvalue weighted by Gasteiger charge is -2.26. The van der Waals surface area contributed by atoms with Crippen LogP contribution in [0.2, 0.25) is 0 Å². The molecule has 2 atom stereocenters. The molecule has 0 saturated heterocycles. The van der Waals surface area contributed by atoms with Gasteiger partial charge in [0.25, 0.3) is 0 Å². The molecule has 0 aromatic heterocycles. The van der Waals surface area contributed by atoms with Gasteiger partial charge >= 0.3 is 0 Å². The molecule has 0 spiro atoms. The Kier molecular flexibility index (Phi) is 4.20. The molecule has 1 aliphatic carbocycles. The molecule has 0 radical (unpaired) electrons. The van der Waals surface area contributed by atoms with Crippen molar-refractivity contribution in [3.63, 3.8) is 0 Å². The maximum absolute atomic E-state index is 13.2. The highest BCUT2D eigenvalue weighted by molar-refractivity contribution is 5.45. The van der Waals surface area contributed by atoms with Gasteiger partial charge in [-0.05, 0) is 37.1 Å². The summed E-state index contributed by atoms with van der Waals surface area (Å²) in [6.07, 6.45) is 6.96. The summed E-state index contributed by atoms with van der Waals surface area (Å²) < 4.78 is 26.0. The Morgan fingerprint density at radius 1 is 1.37 bits per heavy atom. The number of aliphatic hydroxyl groups is 1. The first kappa shape index (κ1) is 13.6. The van der Waals surface area contributed by atoms with E-state index in [-0.39, 0.29) is 17.7 Å². The highest BCUT2D eigenvalue weighted by Gasteiger charge is 2.19. The molecule has 4 heteroatoms. The van der Waals surface area contributed by atoms with Crippen molar-refractivity contribution in [3.8, 4) is 0 Å². The molecule has 0 aliphatic heterocycles. The zero-order chi connectivity index (χ0) is 13.8. The summed E-state index contributed by atoms with van der Waals surface area (Å²) in [5.74, 6) is -1.19. The first-order chi connectivity index (χ1) is 9.10. The number of hydrogen-bond donors (Lipinski definition) is 2. The first-order valence-electron chi connectivity index (χ1n) is 6.39. The topological polar surface area (TPSA) is 32.3 Å². The van der Waals surface area contributed by atoms with Crippen LogP contribution < -0.4 is 5.32 Å². The van der Waals surface area contributed by atoms with E-state index in [1.54, 1.807) is 12.2 Å². The quantitative estimate of drug-likeness (QED) is 0.856. The normalized spacial score (nSPS) is 19.9. The zero-order valence-electron chi connectivity index (χ0n) is 10.7. The minimum atomic E-state index is -0.850. The number of halogens is 2. The van der Waals surface area contributed by atoms with E-state index in [1.165, 1.54) is 6.07 Å². The SMILES string of the molecule is CCC(Nc1ccc(F)c(F)c1)C1C=CC(O)=CC1. The maximum atomic E-state index is 13.2. The van der Waals surface area contributed by atoms with Gasteiger partial charge in [0.1, 0.15) is 5.76 Å². The summed E-state index contributed by atoms with van der Waals surface area (Å²) in [6, 6.07) is 3.93. The molecule has 1 aliphatic rings. The highest BCUT2D eigenvalue weighted by atomic mass is 19.2. The van der Waals surface area contributed by atoms with Crippen molar-refractivity contribution in [1.82, 2.24) is 0 Å². The zero-order valence-corrected chi connectivity index (χ0v) is 10.7. The molecule has 0 fully saturated rings. The van der Waals surface area contributed by atoms with Crippen molar-refractivity contribution in [2.75, 3.05) is 5.32 Å². The van der Waals surface area contributed by atoms with Crippen LogP contribution in [0.1, 0.15) is 19.8 Å². The van der Waals surface area contributed by atoms with Crippen molar-refractivity contribution in [2.45, 2.75) is 25.8 Å².